The second-order valence-corrected chi connectivity index (χ2v) is 9.39. The summed E-state index contributed by atoms with van der Waals surface area (Å²) in [5, 5.41) is 21.0. The number of nitrogens with two attached hydrogens (primary N) is 1. The highest BCUT2D eigenvalue weighted by atomic mass is 32.2. The van der Waals surface area contributed by atoms with Gasteiger partial charge in [0, 0.05) is 18.5 Å². The molecule has 11 heteroatoms. The third kappa shape index (κ3) is 6.50. The van der Waals surface area contributed by atoms with Crippen molar-refractivity contribution in [3.05, 3.63) is 65.9 Å². The Balaban J connectivity index is 1.79. The summed E-state index contributed by atoms with van der Waals surface area (Å²) in [6.45, 7) is 2.39. The molecule has 10 nitrogen and oxygen atoms in total. The van der Waals surface area contributed by atoms with Crippen LogP contribution in [0.5, 0.6) is 0 Å². The summed E-state index contributed by atoms with van der Waals surface area (Å²) in [4.78, 5) is 23.7. The van der Waals surface area contributed by atoms with Crippen LogP contribution in [-0.4, -0.2) is 41.8 Å². The first kappa shape index (κ1) is 25.1. The SMILES string of the molecule is Cc1ccc(-c2cc(C(=O)NCCCCCC(=O)NO)nn2-c2ccc(S(N)(=O)=O)cc2)cc1. The molecule has 3 rings (SSSR count). The maximum Gasteiger partial charge on any atom is 0.271 e. The van der Waals surface area contributed by atoms with E-state index in [4.69, 9.17) is 10.3 Å². The van der Waals surface area contributed by atoms with Crippen LogP contribution in [0.4, 0.5) is 0 Å². The quantitative estimate of drug-likeness (QED) is 0.196. The molecule has 0 radical (unpaired) electrons. The largest absolute Gasteiger partial charge is 0.351 e. The number of unbranched alkanes of at least 4 members (excludes halogenated alkanes) is 2. The van der Waals surface area contributed by atoms with Gasteiger partial charge in [-0.2, -0.15) is 5.10 Å². The van der Waals surface area contributed by atoms with Crippen LogP contribution in [0.15, 0.2) is 59.5 Å². The first-order valence-corrected chi connectivity index (χ1v) is 12.2. The van der Waals surface area contributed by atoms with Crippen LogP contribution in [0.2, 0.25) is 0 Å². The number of carbonyl (C=O) groups is 2. The fourth-order valence-corrected chi connectivity index (χ4v) is 3.85. The molecule has 0 bridgehead atoms. The molecule has 0 aliphatic carbocycles. The molecule has 2 amide bonds. The van der Waals surface area contributed by atoms with E-state index in [0.29, 0.717) is 37.2 Å². The number of nitrogens with one attached hydrogen (secondary N) is 2. The maximum absolute atomic E-state index is 12.7. The summed E-state index contributed by atoms with van der Waals surface area (Å²) in [6.07, 6.45) is 2.21. The lowest BCUT2D eigenvalue weighted by atomic mass is 10.1. The Morgan fingerprint density at radius 1 is 1.03 bits per heavy atom. The van der Waals surface area contributed by atoms with E-state index in [1.54, 1.807) is 28.4 Å². The predicted molar refractivity (Wildman–Crippen MR) is 126 cm³/mol. The van der Waals surface area contributed by atoms with Gasteiger partial charge in [-0.3, -0.25) is 14.8 Å². The zero-order valence-corrected chi connectivity index (χ0v) is 19.5. The number of aryl methyl sites for hydroxylation is 1. The van der Waals surface area contributed by atoms with E-state index in [9.17, 15) is 18.0 Å². The minimum atomic E-state index is -3.83. The smallest absolute Gasteiger partial charge is 0.271 e. The first-order chi connectivity index (χ1) is 16.2. The van der Waals surface area contributed by atoms with Crippen molar-refractivity contribution in [2.75, 3.05) is 6.54 Å². The molecule has 0 saturated carbocycles. The molecule has 2 aromatic carbocycles. The summed E-state index contributed by atoms with van der Waals surface area (Å²) < 4.78 is 24.7. The molecule has 3 aromatic rings. The molecular weight excluding hydrogens is 458 g/mol. The minimum absolute atomic E-state index is 0.0188. The van der Waals surface area contributed by atoms with Crippen molar-refractivity contribution in [3.63, 3.8) is 0 Å². The summed E-state index contributed by atoms with van der Waals surface area (Å²) >= 11 is 0. The fourth-order valence-electron chi connectivity index (χ4n) is 3.33. The van der Waals surface area contributed by atoms with Crippen LogP contribution in [0.3, 0.4) is 0 Å². The van der Waals surface area contributed by atoms with Crippen molar-refractivity contribution >= 4 is 21.8 Å². The normalized spacial score (nSPS) is 11.3. The molecule has 0 spiro atoms. The molecule has 34 heavy (non-hydrogen) atoms. The van der Waals surface area contributed by atoms with Crippen LogP contribution >= 0.6 is 0 Å². The lowest BCUT2D eigenvalue weighted by molar-refractivity contribution is -0.129. The topological polar surface area (TPSA) is 156 Å². The van der Waals surface area contributed by atoms with Gasteiger partial charge in [-0.25, -0.2) is 23.7 Å². The second kappa shape index (κ2) is 11.1. The minimum Gasteiger partial charge on any atom is -0.351 e. The molecule has 0 atom stereocenters. The van der Waals surface area contributed by atoms with Gasteiger partial charge < -0.3 is 5.32 Å². The van der Waals surface area contributed by atoms with Gasteiger partial charge in [-0.1, -0.05) is 36.2 Å². The molecule has 0 aliphatic heterocycles. The van der Waals surface area contributed by atoms with Crippen LogP contribution in [0.1, 0.15) is 41.7 Å². The maximum atomic E-state index is 12.7. The molecular formula is C23H27N5O5S. The Bertz CT molecular complexity index is 1250. The summed E-state index contributed by atoms with van der Waals surface area (Å²) in [5.41, 5.74) is 4.97. The number of amides is 2. The molecule has 1 aromatic heterocycles. The van der Waals surface area contributed by atoms with Gasteiger partial charge in [0.15, 0.2) is 5.69 Å². The number of carbonyl (C=O) groups excluding carboxylic acids is 2. The average molecular weight is 486 g/mol. The Hall–Kier alpha value is -3.54. The van der Waals surface area contributed by atoms with Crippen molar-refractivity contribution in [3.8, 4) is 16.9 Å². The lowest BCUT2D eigenvalue weighted by Crippen LogP contribution is -2.25. The van der Waals surface area contributed by atoms with Crippen LogP contribution in [0, 0.1) is 6.92 Å². The standard InChI is InChI=1S/C23H27N5O5S/c1-16-6-8-17(9-7-16)21-15-20(23(30)25-14-4-2-3-5-22(29)27-31)26-28(21)18-10-12-19(13-11-18)34(24,32)33/h6-13,15,31H,2-5,14H2,1H3,(H,25,30)(H,27,29)(H2,24,32,33). The Kier molecular flexibility index (Phi) is 8.16. The molecule has 1 heterocycles. The predicted octanol–water partition coefficient (Wildman–Crippen LogP) is 2.29. The highest BCUT2D eigenvalue weighted by molar-refractivity contribution is 7.89. The van der Waals surface area contributed by atoms with Gasteiger partial charge in [-0.15, -0.1) is 0 Å². The van der Waals surface area contributed by atoms with E-state index in [-0.39, 0.29) is 22.9 Å². The van der Waals surface area contributed by atoms with Crippen molar-refractivity contribution in [2.45, 2.75) is 37.5 Å². The number of nitrogens with zero attached hydrogens (tertiary/aromatic N) is 2. The third-order valence-corrected chi connectivity index (χ3v) is 6.12. The number of hydroxylamine groups is 1. The van der Waals surface area contributed by atoms with Gasteiger partial charge >= 0.3 is 0 Å². The van der Waals surface area contributed by atoms with Gasteiger partial charge in [0.25, 0.3) is 5.91 Å². The van der Waals surface area contributed by atoms with E-state index in [2.05, 4.69) is 10.4 Å². The van der Waals surface area contributed by atoms with Crippen molar-refractivity contribution < 1.29 is 23.2 Å². The molecule has 180 valence electrons. The fraction of sp³-hybridized carbons (Fsp3) is 0.261. The highest BCUT2D eigenvalue weighted by Crippen LogP contribution is 2.25. The number of aromatic nitrogens is 2. The number of rotatable bonds is 10. The third-order valence-electron chi connectivity index (χ3n) is 5.19. The summed E-state index contributed by atoms with van der Waals surface area (Å²) in [5.74, 6) is -0.781. The number of primary sulfonamides is 1. The number of hydrogen-bond donors (Lipinski definition) is 4. The van der Waals surface area contributed by atoms with E-state index in [1.807, 2.05) is 31.2 Å². The van der Waals surface area contributed by atoms with E-state index >= 15 is 0 Å². The van der Waals surface area contributed by atoms with Gasteiger partial charge in [-0.05, 0) is 50.1 Å². The highest BCUT2D eigenvalue weighted by Gasteiger charge is 2.17. The molecule has 0 unspecified atom stereocenters. The Labute approximate surface area is 197 Å². The average Bonchev–Trinajstić information content (AvgIpc) is 3.26. The number of benzene rings is 2. The van der Waals surface area contributed by atoms with Gasteiger partial charge in [0.1, 0.15) is 0 Å². The van der Waals surface area contributed by atoms with E-state index < -0.39 is 15.9 Å². The van der Waals surface area contributed by atoms with Gasteiger partial charge in [0.05, 0.1) is 16.3 Å². The van der Waals surface area contributed by atoms with Crippen LogP contribution < -0.4 is 15.9 Å². The Morgan fingerprint density at radius 3 is 2.32 bits per heavy atom. The molecule has 0 fully saturated rings. The van der Waals surface area contributed by atoms with Crippen LogP contribution in [0.25, 0.3) is 16.9 Å². The monoisotopic (exact) mass is 485 g/mol. The van der Waals surface area contributed by atoms with Crippen LogP contribution in [-0.2, 0) is 14.8 Å². The first-order valence-electron chi connectivity index (χ1n) is 10.7. The molecule has 0 aliphatic rings. The van der Waals surface area contributed by atoms with Crippen molar-refractivity contribution in [2.24, 2.45) is 5.14 Å². The molecule has 0 saturated heterocycles. The number of hydrogen-bond acceptors (Lipinski definition) is 6. The zero-order chi connectivity index (χ0) is 24.7. The Morgan fingerprint density at radius 2 is 1.71 bits per heavy atom. The second-order valence-electron chi connectivity index (χ2n) is 7.83. The zero-order valence-electron chi connectivity index (χ0n) is 18.7. The van der Waals surface area contributed by atoms with Gasteiger partial charge in [0.2, 0.25) is 15.9 Å². The lowest BCUT2D eigenvalue weighted by Gasteiger charge is -2.08. The van der Waals surface area contributed by atoms with E-state index in [1.165, 1.54) is 12.1 Å². The number of sulfonamides is 1. The van der Waals surface area contributed by atoms with E-state index in [0.717, 1.165) is 11.1 Å². The summed E-state index contributed by atoms with van der Waals surface area (Å²) in [7, 11) is -3.83. The van der Waals surface area contributed by atoms with Crippen molar-refractivity contribution in [1.29, 1.82) is 0 Å². The summed E-state index contributed by atoms with van der Waals surface area (Å²) in [6, 6.07) is 15.4. The molecule has 5 N–H and O–H groups in total. The van der Waals surface area contributed by atoms with Crippen molar-refractivity contribution in [1.82, 2.24) is 20.6 Å².